The van der Waals surface area contributed by atoms with Gasteiger partial charge in [0.25, 0.3) is 0 Å². The van der Waals surface area contributed by atoms with Crippen molar-refractivity contribution in [3.05, 3.63) is 103 Å². The molecule has 0 fully saturated rings. The van der Waals surface area contributed by atoms with E-state index in [1.165, 1.54) is 38.5 Å². The Labute approximate surface area is 160 Å². The lowest BCUT2D eigenvalue weighted by Crippen LogP contribution is -1.94. The molecule has 3 aromatic carbocycles. The van der Waals surface area contributed by atoms with Crippen molar-refractivity contribution >= 4 is 27.5 Å². The van der Waals surface area contributed by atoms with Gasteiger partial charge in [-0.2, -0.15) is 0 Å². The molecule has 0 amide bonds. The molecular formula is C26H23N. The molecule has 0 saturated heterocycles. The Morgan fingerprint density at radius 2 is 1.56 bits per heavy atom. The second-order valence-electron chi connectivity index (χ2n) is 6.76. The summed E-state index contributed by atoms with van der Waals surface area (Å²) >= 11 is 0. The third-order valence-electron chi connectivity index (χ3n) is 5.02. The second-order valence-corrected chi connectivity index (χ2v) is 6.76. The number of aryl methyl sites for hydroxylation is 1. The summed E-state index contributed by atoms with van der Waals surface area (Å²) in [5, 5.41) is 2.54. The number of rotatable bonds is 4. The molecule has 1 aromatic heterocycles. The first kappa shape index (κ1) is 17.1. The molecular weight excluding hydrogens is 326 g/mol. The van der Waals surface area contributed by atoms with E-state index < -0.39 is 0 Å². The van der Waals surface area contributed by atoms with E-state index in [4.69, 9.17) is 0 Å². The monoisotopic (exact) mass is 349 g/mol. The molecule has 0 unspecified atom stereocenters. The van der Waals surface area contributed by atoms with Crippen LogP contribution in [0.4, 0.5) is 0 Å². The molecule has 0 aliphatic heterocycles. The van der Waals surface area contributed by atoms with Gasteiger partial charge in [0.1, 0.15) is 0 Å². The zero-order chi connectivity index (χ0) is 18.8. The van der Waals surface area contributed by atoms with Crippen molar-refractivity contribution in [3.63, 3.8) is 0 Å². The summed E-state index contributed by atoms with van der Waals surface area (Å²) in [7, 11) is 0. The first-order valence-corrected chi connectivity index (χ1v) is 9.29. The number of allylic oxidation sites excluding steroid dienone is 5. The number of hydrogen-bond donors (Lipinski definition) is 0. The molecule has 132 valence electrons. The minimum atomic E-state index is 1.14. The highest BCUT2D eigenvalue weighted by Gasteiger charge is 2.13. The van der Waals surface area contributed by atoms with Gasteiger partial charge in [-0.15, -0.1) is 0 Å². The highest BCUT2D eigenvalue weighted by molar-refractivity contribution is 6.11. The first-order valence-electron chi connectivity index (χ1n) is 9.29. The van der Waals surface area contributed by atoms with Crippen LogP contribution in [0.2, 0.25) is 0 Å². The van der Waals surface area contributed by atoms with Gasteiger partial charge < -0.3 is 4.57 Å². The molecule has 0 aliphatic rings. The summed E-state index contributed by atoms with van der Waals surface area (Å²) in [5.74, 6) is 0. The molecule has 27 heavy (non-hydrogen) atoms. The van der Waals surface area contributed by atoms with Gasteiger partial charge >= 0.3 is 0 Å². The lowest BCUT2D eigenvalue weighted by Gasteiger charge is -2.10. The van der Waals surface area contributed by atoms with Crippen LogP contribution in [0.15, 0.2) is 97.6 Å². The van der Waals surface area contributed by atoms with Gasteiger partial charge in [-0.3, -0.25) is 0 Å². The van der Waals surface area contributed by atoms with Crippen molar-refractivity contribution in [2.75, 3.05) is 0 Å². The fourth-order valence-electron chi connectivity index (χ4n) is 3.64. The van der Waals surface area contributed by atoms with Crippen LogP contribution in [0.5, 0.6) is 0 Å². The van der Waals surface area contributed by atoms with Gasteiger partial charge in [0.15, 0.2) is 0 Å². The molecule has 4 rings (SSSR count). The lowest BCUT2D eigenvalue weighted by molar-refractivity contribution is 1.23. The first-order chi connectivity index (χ1) is 13.2. The van der Waals surface area contributed by atoms with Crippen LogP contribution in [0.3, 0.4) is 0 Å². The van der Waals surface area contributed by atoms with Crippen molar-refractivity contribution in [1.82, 2.24) is 4.57 Å². The topological polar surface area (TPSA) is 4.93 Å². The van der Waals surface area contributed by atoms with Gasteiger partial charge in [0.05, 0.1) is 11.0 Å². The average molecular weight is 349 g/mol. The van der Waals surface area contributed by atoms with Crippen LogP contribution in [0.25, 0.3) is 38.6 Å². The maximum absolute atomic E-state index is 3.81. The van der Waals surface area contributed by atoms with Crippen LogP contribution in [0.1, 0.15) is 12.5 Å². The van der Waals surface area contributed by atoms with Gasteiger partial charge in [0, 0.05) is 16.5 Å². The third kappa shape index (κ3) is 3.02. The molecule has 0 spiro atoms. The Morgan fingerprint density at radius 3 is 2.30 bits per heavy atom. The van der Waals surface area contributed by atoms with Crippen LogP contribution < -0.4 is 0 Å². The zero-order valence-corrected chi connectivity index (χ0v) is 15.8. The fourth-order valence-corrected chi connectivity index (χ4v) is 3.64. The van der Waals surface area contributed by atoms with Crippen LogP contribution in [-0.2, 0) is 0 Å². The van der Waals surface area contributed by atoms with Crippen molar-refractivity contribution in [1.29, 1.82) is 0 Å². The van der Waals surface area contributed by atoms with E-state index in [2.05, 4.69) is 104 Å². The Hall–Kier alpha value is -3.32. The van der Waals surface area contributed by atoms with E-state index in [0.29, 0.717) is 0 Å². The number of aromatic nitrogens is 1. The molecule has 0 saturated carbocycles. The van der Waals surface area contributed by atoms with Crippen molar-refractivity contribution in [3.8, 4) is 11.1 Å². The van der Waals surface area contributed by atoms with Crippen molar-refractivity contribution in [2.24, 2.45) is 0 Å². The summed E-state index contributed by atoms with van der Waals surface area (Å²) in [6.07, 6.45) is 8.05. The summed E-state index contributed by atoms with van der Waals surface area (Å²) in [6, 6.07) is 24.1. The normalized spacial score (nSPS) is 12.3. The van der Waals surface area contributed by atoms with Crippen molar-refractivity contribution < 1.29 is 0 Å². The largest absolute Gasteiger partial charge is 0.310 e. The quantitative estimate of drug-likeness (QED) is 0.339. The van der Waals surface area contributed by atoms with E-state index in [9.17, 15) is 0 Å². The Balaban J connectivity index is 2.03. The number of fused-ring (bicyclic) bond motifs is 3. The van der Waals surface area contributed by atoms with Crippen LogP contribution >= 0.6 is 0 Å². The Bertz CT molecular complexity index is 1180. The van der Waals surface area contributed by atoms with Crippen LogP contribution in [-0.4, -0.2) is 4.57 Å². The maximum atomic E-state index is 3.81. The van der Waals surface area contributed by atoms with Crippen LogP contribution in [0, 0.1) is 6.92 Å². The summed E-state index contributed by atoms with van der Waals surface area (Å²) in [5.41, 5.74) is 7.32. The Kier molecular flexibility index (Phi) is 4.52. The van der Waals surface area contributed by atoms with Crippen molar-refractivity contribution in [2.45, 2.75) is 13.8 Å². The predicted molar refractivity (Wildman–Crippen MR) is 119 cm³/mol. The van der Waals surface area contributed by atoms with Gasteiger partial charge in [0.2, 0.25) is 0 Å². The van der Waals surface area contributed by atoms with Gasteiger partial charge in [-0.25, -0.2) is 0 Å². The molecule has 4 aromatic rings. The fraction of sp³-hybridized carbons (Fsp3) is 0.0769. The van der Waals surface area contributed by atoms with E-state index >= 15 is 0 Å². The van der Waals surface area contributed by atoms with Gasteiger partial charge in [-0.1, -0.05) is 85.0 Å². The molecule has 0 bridgehead atoms. The van der Waals surface area contributed by atoms with E-state index in [-0.39, 0.29) is 0 Å². The smallest absolute Gasteiger partial charge is 0.0547 e. The van der Waals surface area contributed by atoms with E-state index in [0.717, 1.165) is 5.70 Å². The number of para-hydroxylation sites is 1. The zero-order valence-electron chi connectivity index (χ0n) is 15.8. The second kappa shape index (κ2) is 7.13. The molecule has 0 aliphatic carbocycles. The molecule has 1 nitrogen and oxygen atoms in total. The molecule has 0 atom stereocenters. The average Bonchev–Trinajstić information content (AvgIpc) is 3.03. The highest BCUT2D eigenvalue weighted by Crippen LogP contribution is 2.34. The minimum absolute atomic E-state index is 1.14. The summed E-state index contributed by atoms with van der Waals surface area (Å²) in [4.78, 5) is 0. The van der Waals surface area contributed by atoms with E-state index in [1.54, 1.807) is 0 Å². The van der Waals surface area contributed by atoms with E-state index in [1.807, 2.05) is 12.2 Å². The molecule has 1 heterocycles. The number of benzene rings is 3. The standard InChI is InChI=1S/C26H23N/c1-4-6-9-22(5-2)27-25-11-8-7-10-23(25)24-17-16-21(18-26(24)27)20-14-12-19(3)13-15-20/h4-18H,1H2,2-3H3/b9-6-,22-5+. The highest BCUT2D eigenvalue weighted by atomic mass is 15.0. The SMILES string of the molecule is C=C/C=C\C(=C/C)n1c2ccccc2c2ccc(-c3ccc(C)cc3)cc21. The number of hydrogen-bond acceptors (Lipinski definition) is 0. The summed E-state index contributed by atoms with van der Waals surface area (Å²) in [6.45, 7) is 8.01. The Morgan fingerprint density at radius 1 is 0.852 bits per heavy atom. The molecule has 1 heteroatoms. The predicted octanol–water partition coefficient (Wildman–Crippen LogP) is 7.37. The minimum Gasteiger partial charge on any atom is -0.310 e. The van der Waals surface area contributed by atoms with Gasteiger partial charge in [-0.05, 0) is 43.2 Å². The molecule has 0 radical (unpaired) electrons. The summed E-state index contributed by atoms with van der Waals surface area (Å²) < 4.78 is 2.34. The maximum Gasteiger partial charge on any atom is 0.0547 e. The lowest BCUT2D eigenvalue weighted by atomic mass is 10.0. The molecule has 0 N–H and O–H groups in total. The number of nitrogens with zero attached hydrogens (tertiary/aromatic N) is 1. The third-order valence-corrected chi connectivity index (χ3v) is 5.02.